The summed E-state index contributed by atoms with van der Waals surface area (Å²) in [6, 6.07) is 20.0. The number of fused-ring (bicyclic) bond motifs is 5. The topological polar surface area (TPSA) is 65.2 Å². The van der Waals surface area contributed by atoms with Crippen LogP contribution in [0.1, 0.15) is 58.9 Å². The van der Waals surface area contributed by atoms with Crippen LogP contribution in [0.3, 0.4) is 0 Å². The third-order valence-corrected chi connectivity index (χ3v) is 7.15. The van der Waals surface area contributed by atoms with E-state index in [2.05, 4.69) is 32.0 Å². The lowest BCUT2D eigenvalue weighted by atomic mass is 9.73. The van der Waals surface area contributed by atoms with Gasteiger partial charge in [0.2, 0.25) is 5.88 Å². The molecule has 0 fully saturated rings. The van der Waals surface area contributed by atoms with Crippen molar-refractivity contribution in [3.63, 3.8) is 0 Å². The summed E-state index contributed by atoms with van der Waals surface area (Å²) in [5.41, 5.74) is 11.0. The summed E-state index contributed by atoms with van der Waals surface area (Å²) in [4.78, 5) is 18.1. The number of anilines is 1. The Morgan fingerprint density at radius 3 is 2.58 bits per heavy atom. The normalized spacial score (nSPS) is 18.3. The number of aromatic nitrogens is 1. The molecule has 33 heavy (non-hydrogen) atoms. The maximum absolute atomic E-state index is 13.2. The van der Waals surface area contributed by atoms with Gasteiger partial charge in [-0.15, -0.1) is 0 Å². The lowest BCUT2D eigenvalue weighted by molar-refractivity contribution is 0.0911. The van der Waals surface area contributed by atoms with Gasteiger partial charge in [0.15, 0.2) is 5.78 Å². The Morgan fingerprint density at radius 2 is 1.76 bits per heavy atom. The third-order valence-electron chi connectivity index (χ3n) is 6.81. The van der Waals surface area contributed by atoms with Crippen LogP contribution in [0.15, 0.2) is 60.7 Å². The second-order valence-electron chi connectivity index (χ2n) is 9.76. The van der Waals surface area contributed by atoms with Gasteiger partial charge < -0.3 is 10.5 Å². The molecule has 2 aliphatic rings. The lowest BCUT2D eigenvalue weighted by Gasteiger charge is -2.35. The first-order valence-electron chi connectivity index (χ1n) is 11.1. The Hall–Kier alpha value is -3.37. The van der Waals surface area contributed by atoms with Crippen molar-refractivity contribution in [2.75, 3.05) is 5.73 Å². The van der Waals surface area contributed by atoms with Gasteiger partial charge in [-0.05, 0) is 40.3 Å². The second kappa shape index (κ2) is 7.06. The van der Waals surface area contributed by atoms with E-state index in [4.69, 9.17) is 27.1 Å². The molecule has 3 aromatic carbocycles. The number of carbonyl (C=O) groups is 1. The van der Waals surface area contributed by atoms with Crippen LogP contribution < -0.4 is 10.5 Å². The van der Waals surface area contributed by atoms with E-state index in [0.717, 1.165) is 38.9 Å². The summed E-state index contributed by atoms with van der Waals surface area (Å²) < 4.78 is 6.38. The Kier molecular flexibility index (Phi) is 4.33. The summed E-state index contributed by atoms with van der Waals surface area (Å²) in [5.74, 6) is 0.934. The highest BCUT2D eigenvalue weighted by atomic mass is 35.5. The molecule has 1 atom stereocenters. The Bertz CT molecular complexity index is 1470. The van der Waals surface area contributed by atoms with Gasteiger partial charge >= 0.3 is 0 Å². The highest BCUT2D eigenvalue weighted by Crippen LogP contribution is 2.54. The highest BCUT2D eigenvalue weighted by Gasteiger charge is 2.40. The first-order chi connectivity index (χ1) is 15.8. The van der Waals surface area contributed by atoms with Crippen LogP contribution in [0.4, 0.5) is 5.69 Å². The molecule has 0 radical (unpaired) electrons. The molecule has 164 valence electrons. The quantitative estimate of drug-likeness (QED) is 0.299. The van der Waals surface area contributed by atoms with Crippen molar-refractivity contribution in [3.05, 3.63) is 93.6 Å². The molecule has 2 N–H and O–H groups in total. The van der Waals surface area contributed by atoms with E-state index in [1.165, 1.54) is 0 Å². The number of ketones is 1. The lowest BCUT2D eigenvalue weighted by Crippen LogP contribution is -2.30. The fourth-order valence-corrected chi connectivity index (χ4v) is 5.65. The van der Waals surface area contributed by atoms with E-state index in [9.17, 15) is 4.79 Å². The van der Waals surface area contributed by atoms with Crippen molar-refractivity contribution in [2.24, 2.45) is 5.41 Å². The molecular formula is C28H23ClN2O2. The van der Waals surface area contributed by atoms with Crippen LogP contribution in [-0.2, 0) is 6.42 Å². The molecule has 1 aliphatic heterocycles. The molecule has 0 amide bonds. The van der Waals surface area contributed by atoms with E-state index >= 15 is 0 Å². The van der Waals surface area contributed by atoms with Crippen molar-refractivity contribution >= 4 is 33.8 Å². The summed E-state index contributed by atoms with van der Waals surface area (Å²) >= 11 is 6.73. The predicted molar refractivity (Wildman–Crippen MR) is 132 cm³/mol. The fourth-order valence-electron chi connectivity index (χ4n) is 5.41. The number of halogens is 1. The standard InChI is InChI=1S/C28H23ClN2O2/c1-28(2)13-19-24(20(32)14-28)26(30)25-23(17-9-5-6-10-18(17)29)22-16-8-4-3-7-15(16)11-12-21(22)33-27(25)31-19/h3-12,23H,13-14H2,1-2H3,(H2,30,31). The molecule has 1 aromatic heterocycles. The van der Waals surface area contributed by atoms with Crippen LogP contribution in [0, 0.1) is 5.41 Å². The van der Waals surface area contributed by atoms with Gasteiger partial charge in [0.1, 0.15) is 5.75 Å². The van der Waals surface area contributed by atoms with Crippen LogP contribution in [0.2, 0.25) is 5.02 Å². The third kappa shape index (κ3) is 3.05. The molecule has 6 rings (SSSR count). The molecule has 1 unspecified atom stereocenters. The fraction of sp³-hybridized carbons (Fsp3) is 0.214. The minimum Gasteiger partial charge on any atom is -0.438 e. The number of nitrogens with zero attached hydrogens (tertiary/aromatic N) is 1. The van der Waals surface area contributed by atoms with Crippen molar-refractivity contribution in [3.8, 4) is 11.6 Å². The van der Waals surface area contributed by atoms with Crippen LogP contribution in [0.25, 0.3) is 10.8 Å². The molecule has 5 heteroatoms. The van der Waals surface area contributed by atoms with Gasteiger partial charge in [0.05, 0.1) is 22.5 Å². The summed E-state index contributed by atoms with van der Waals surface area (Å²) in [7, 11) is 0. The van der Waals surface area contributed by atoms with Gasteiger partial charge in [-0.3, -0.25) is 4.79 Å². The molecule has 0 saturated carbocycles. The summed E-state index contributed by atoms with van der Waals surface area (Å²) in [5, 5.41) is 2.80. The first-order valence-corrected chi connectivity index (χ1v) is 11.5. The van der Waals surface area contributed by atoms with Crippen molar-refractivity contribution in [2.45, 2.75) is 32.6 Å². The van der Waals surface area contributed by atoms with Crippen molar-refractivity contribution < 1.29 is 9.53 Å². The first kappa shape index (κ1) is 20.3. The average Bonchev–Trinajstić information content (AvgIpc) is 2.77. The van der Waals surface area contributed by atoms with Gasteiger partial charge in [-0.2, -0.15) is 0 Å². The zero-order valence-corrected chi connectivity index (χ0v) is 19.2. The maximum atomic E-state index is 13.2. The number of benzene rings is 3. The van der Waals surface area contributed by atoms with E-state index in [0.29, 0.717) is 35.0 Å². The van der Waals surface area contributed by atoms with E-state index in [-0.39, 0.29) is 17.1 Å². The predicted octanol–water partition coefficient (Wildman–Crippen LogP) is 6.91. The number of Topliss-reactive ketones (excluding diaryl/α,β-unsaturated/α-hetero) is 1. The molecule has 4 nitrogen and oxygen atoms in total. The zero-order chi connectivity index (χ0) is 22.9. The van der Waals surface area contributed by atoms with Crippen molar-refractivity contribution in [1.82, 2.24) is 4.98 Å². The number of pyridine rings is 1. The number of nitrogens with two attached hydrogens (primary N) is 1. The molecule has 1 aliphatic carbocycles. The second-order valence-corrected chi connectivity index (χ2v) is 10.2. The smallest absolute Gasteiger partial charge is 0.225 e. The highest BCUT2D eigenvalue weighted by molar-refractivity contribution is 6.31. The monoisotopic (exact) mass is 454 g/mol. The van der Waals surface area contributed by atoms with Gasteiger partial charge in [-0.1, -0.05) is 74.0 Å². The zero-order valence-electron chi connectivity index (χ0n) is 18.5. The SMILES string of the molecule is CC1(C)CC(=O)c2c(nc3c(c2N)C(c2ccccc2Cl)c2c(ccc4ccccc24)O3)C1. The van der Waals surface area contributed by atoms with E-state index in [1.54, 1.807) is 0 Å². The van der Waals surface area contributed by atoms with E-state index in [1.807, 2.05) is 42.5 Å². The van der Waals surface area contributed by atoms with Crippen molar-refractivity contribution in [1.29, 1.82) is 0 Å². The van der Waals surface area contributed by atoms with Gasteiger partial charge in [-0.25, -0.2) is 4.98 Å². The minimum atomic E-state index is -0.302. The molecule has 0 bridgehead atoms. The maximum Gasteiger partial charge on any atom is 0.225 e. The van der Waals surface area contributed by atoms with Gasteiger partial charge in [0, 0.05) is 22.9 Å². The number of nitrogen functional groups attached to an aromatic ring is 1. The number of hydrogen-bond donors (Lipinski definition) is 1. The molecule has 4 aromatic rings. The summed E-state index contributed by atoms with van der Waals surface area (Å²) in [6.07, 6.45) is 1.12. The largest absolute Gasteiger partial charge is 0.438 e. The van der Waals surface area contributed by atoms with Gasteiger partial charge in [0.25, 0.3) is 0 Å². The molecule has 0 saturated heterocycles. The number of hydrogen-bond acceptors (Lipinski definition) is 4. The Morgan fingerprint density at radius 1 is 1.00 bits per heavy atom. The van der Waals surface area contributed by atoms with E-state index < -0.39 is 0 Å². The number of ether oxygens (including phenoxy) is 1. The van der Waals surface area contributed by atoms with Crippen LogP contribution in [0.5, 0.6) is 11.6 Å². The molecule has 2 heterocycles. The van der Waals surface area contributed by atoms with Crippen LogP contribution in [-0.4, -0.2) is 10.8 Å². The number of rotatable bonds is 1. The molecular weight excluding hydrogens is 432 g/mol. The Balaban J connectivity index is 1.70. The summed E-state index contributed by atoms with van der Waals surface area (Å²) in [6.45, 7) is 4.17. The molecule has 0 spiro atoms. The average molecular weight is 455 g/mol. The van der Waals surface area contributed by atoms with Crippen LogP contribution >= 0.6 is 11.6 Å². The minimum absolute atomic E-state index is 0.0377. The Labute approximate surface area is 197 Å². The number of carbonyl (C=O) groups excluding carboxylic acids is 1.